The molecular weight excluding hydrogens is 605 g/mol. The van der Waals surface area contributed by atoms with Gasteiger partial charge in [-0.1, -0.05) is 48.2 Å². The molecule has 3 aromatic carbocycles. The number of aromatic carboxylic acids is 1. The molecule has 37 heavy (non-hydrogen) atoms. The van der Waals surface area contributed by atoms with Crippen molar-refractivity contribution in [1.82, 2.24) is 0 Å². The fourth-order valence-corrected chi connectivity index (χ4v) is 5.12. The topological polar surface area (TPSA) is 105 Å². The lowest BCUT2D eigenvalue weighted by atomic mass is 10.1. The smallest absolute Gasteiger partial charge is 0.344 e. The number of thioether (sulfide) groups is 1. The highest BCUT2D eigenvalue weighted by molar-refractivity contribution is 14.1. The molecule has 0 radical (unpaired) electrons. The second kappa shape index (κ2) is 12.1. The number of hydrogen-bond donors (Lipinski definition) is 2. The number of carboxylic acids is 1. The quantitative estimate of drug-likeness (QED) is 0.210. The zero-order valence-electron chi connectivity index (χ0n) is 19.7. The molecule has 188 valence electrons. The normalized spacial score (nSPS) is 15.3. The summed E-state index contributed by atoms with van der Waals surface area (Å²) in [5.74, 6) is -1.10. The Hall–Kier alpha value is -3.57. The molecule has 1 heterocycles. The molecule has 0 saturated heterocycles. The third-order valence-corrected chi connectivity index (χ3v) is 7.07. The van der Waals surface area contributed by atoms with Crippen LogP contribution in [0.3, 0.4) is 0 Å². The maximum Gasteiger partial charge on any atom is 0.344 e. The van der Waals surface area contributed by atoms with Gasteiger partial charge in [0.05, 0.1) is 26.3 Å². The van der Waals surface area contributed by atoms with Gasteiger partial charge in [-0.05, 0) is 83.1 Å². The van der Waals surface area contributed by atoms with Crippen LogP contribution in [0.5, 0.6) is 5.75 Å². The summed E-state index contributed by atoms with van der Waals surface area (Å²) in [7, 11) is 0. The number of ether oxygens (including phenoxy) is 2. The van der Waals surface area contributed by atoms with E-state index in [1.807, 2.05) is 48.5 Å². The van der Waals surface area contributed by atoms with Gasteiger partial charge in [-0.3, -0.25) is 0 Å². The fraction of sp³-hybridized carbons (Fsp3) is 0.107. The monoisotopic (exact) mass is 627 g/mol. The van der Waals surface area contributed by atoms with E-state index in [1.165, 1.54) is 11.8 Å². The molecule has 9 heteroatoms. The molecule has 2 N–H and O–H groups in total. The van der Waals surface area contributed by atoms with Gasteiger partial charge in [-0.25, -0.2) is 14.6 Å². The number of esters is 1. The van der Waals surface area contributed by atoms with E-state index in [4.69, 9.17) is 14.6 Å². The van der Waals surface area contributed by atoms with Crippen molar-refractivity contribution in [3.63, 3.8) is 0 Å². The minimum Gasteiger partial charge on any atom is -0.506 e. The summed E-state index contributed by atoms with van der Waals surface area (Å²) in [4.78, 5) is 28.6. The van der Waals surface area contributed by atoms with Crippen LogP contribution in [-0.2, 0) is 16.1 Å². The molecule has 0 amide bonds. The van der Waals surface area contributed by atoms with Crippen molar-refractivity contribution in [2.45, 2.75) is 13.5 Å². The number of aliphatic imine (C=N–C) groups is 1. The molecule has 7 nitrogen and oxygen atoms in total. The fourth-order valence-electron chi connectivity index (χ4n) is 3.39. The number of carbonyl (C=O) groups excluding carboxylic acids is 1. The largest absolute Gasteiger partial charge is 0.506 e. The van der Waals surface area contributed by atoms with Crippen LogP contribution in [0.15, 0.2) is 94.0 Å². The van der Waals surface area contributed by atoms with Gasteiger partial charge in [0.2, 0.25) is 0 Å². The van der Waals surface area contributed by atoms with Crippen LogP contribution in [0.25, 0.3) is 6.08 Å². The van der Waals surface area contributed by atoms with Crippen LogP contribution >= 0.6 is 34.4 Å². The Balaban J connectivity index is 1.55. The molecule has 1 aliphatic heterocycles. The number of hydrogen-bond acceptors (Lipinski definition) is 7. The van der Waals surface area contributed by atoms with E-state index in [0.717, 1.165) is 14.7 Å². The lowest BCUT2D eigenvalue weighted by Crippen LogP contribution is -2.12. The van der Waals surface area contributed by atoms with Gasteiger partial charge >= 0.3 is 11.9 Å². The summed E-state index contributed by atoms with van der Waals surface area (Å²) in [6, 6.07) is 21.3. The van der Waals surface area contributed by atoms with E-state index in [2.05, 4.69) is 27.6 Å². The molecule has 4 rings (SSSR count). The zero-order chi connectivity index (χ0) is 26.4. The zero-order valence-corrected chi connectivity index (χ0v) is 22.7. The minimum atomic E-state index is -0.971. The van der Waals surface area contributed by atoms with Crippen molar-refractivity contribution in [2.75, 3.05) is 6.61 Å². The average molecular weight is 627 g/mol. The predicted octanol–water partition coefficient (Wildman–Crippen LogP) is 6.76. The number of para-hydroxylation sites is 1. The number of rotatable bonds is 8. The van der Waals surface area contributed by atoms with Crippen molar-refractivity contribution in [3.8, 4) is 5.75 Å². The Kier molecular flexibility index (Phi) is 8.67. The summed E-state index contributed by atoms with van der Waals surface area (Å²) in [6.07, 6.45) is 1.78. The van der Waals surface area contributed by atoms with Gasteiger partial charge in [0.15, 0.2) is 0 Å². The summed E-state index contributed by atoms with van der Waals surface area (Å²) >= 11 is 3.37. The van der Waals surface area contributed by atoms with E-state index < -0.39 is 11.9 Å². The number of carbonyl (C=O) groups is 2. The first-order valence-electron chi connectivity index (χ1n) is 11.2. The van der Waals surface area contributed by atoms with Crippen molar-refractivity contribution in [1.29, 1.82) is 0 Å². The van der Waals surface area contributed by atoms with Gasteiger partial charge in [-0.15, -0.1) is 0 Å². The molecule has 0 saturated carbocycles. The average Bonchev–Trinajstić information content (AvgIpc) is 3.18. The highest BCUT2D eigenvalue weighted by atomic mass is 127. The standard InChI is InChI=1S/C28H22INO6S/c1-2-35-28(34)24-25(31)23(37-26(24)30-20-6-4-3-5-7-20)15-18-10-13-22(21(29)14-18)36-16-17-8-11-19(12-9-17)27(32)33/h3-15,31H,2,16H2,1H3,(H,32,33)/b23-15-,30-26?. The summed E-state index contributed by atoms with van der Waals surface area (Å²) in [5.41, 5.74) is 2.59. The SMILES string of the molecule is CCOC(=O)C1=C(O)/C(=C/c2ccc(OCc3ccc(C(=O)O)cc3)c(I)c2)SC1=Nc1ccccc1. The lowest BCUT2D eigenvalue weighted by molar-refractivity contribution is -0.138. The number of carboxylic acid groups (broad SMARTS) is 1. The first-order chi connectivity index (χ1) is 17.9. The number of benzene rings is 3. The second-order valence-electron chi connectivity index (χ2n) is 7.79. The van der Waals surface area contributed by atoms with Crippen LogP contribution in [-0.4, -0.2) is 33.8 Å². The van der Waals surface area contributed by atoms with Gasteiger partial charge in [0.25, 0.3) is 0 Å². The van der Waals surface area contributed by atoms with Crippen LogP contribution in [0.2, 0.25) is 0 Å². The molecule has 0 spiro atoms. The van der Waals surface area contributed by atoms with E-state index in [-0.39, 0.29) is 30.1 Å². The summed E-state index contributed by atoms with van der Waals surface area (Å²) in [5, 5.41) is 20.3. The van der Waals surface area contributed by atoms with Gasteiger partial charge < -0.3 is 19.7 Å². The summed E-state index contributed by atoms with van der Waals surface area (Å²) in [6.45, 7) is 2.18. The minimum absolute atomic E-state index is 0.0468. The Labute approximate surface area is 231 Å². The van der Waals surface area contributed by atoms with E-state index >= 15 is 0 Å². The molecule has 0 aliphatic carbocycles. The van der Waals surface area contributed by atoms with E-state index in [9.17, 15) is 14.7 Å². The van der Waals surface area contributed by atoms with Gasteiger partial charge in [0.1, 0.15) is 28.7 Å². The number of nitrogens with zero attached hydrogens (tertiary/aromatic N) is 1. The Morgan fingerprint density at radius 3 is 2.43 bits per heavy atom. The Morgan fingerprint density at radius 1 is 1.05 bits per heavy atom. The Bertz CT molecular complexity index is 1410. The maximum absolute atomic E-state index is 12.6. The van der Waals surface area contributed by atoms with Crippen LogP contribution in [0.4, 0.5) is 5.69 Å². The van der Waals surface area contributed by atoms with Gasteiger partial charge in [0, 0.05) is 0 Å². The molecule has 0 bridgehead atoms. The van der Waals surface area contributed by atoms with Crippen LogP contribution in [0, 0.1) is 3.57 Å². The number of aliphatic hydroxyl groups is 1. The maximum atomic E-state index is 12.6. The van der Waals surface area contributed by atoms with Crippen LogP contribution < -0.4 is 4.74 Å². The predicted molar refractivity (Wildman–Crippen MR) is 152 cm³/mol. The molecule has 1 aliphatic rings. The highest BCUT2D eigenvalue weighted by Crippen LogP contribution is 2.40. The van der Waals surface area contributed by atoms with Crippen molar-refractivity contribution < 1.29 is 29.3 Å². The third-order valence-electron chi connectivity index (χ3n) is 5.21. The van der Waals surface area contributed by atoms with Crippen molar-refractivity contribution >= 4 is 63.1 Å². The lowest BCUT2D eigenvalue weighted by Gasteiger charge is -2.09. The first kappa shape index (κ1) is 26.5. The first-order valence-corrected chi connectivity index (χ1v) is 13.1. The molecule has 0 unspecified atom stereocenters. The second-order valence-corrected chi connectivity index (χ2v) is 9.98. The van der Waals surface area contributed by atoms with Crippen molar-refractivity contribution in [2.24, 2.45) is 4.99 Å². The molecular formula is C28H22INO6S. The molecule has 3 aromatic rings. The van der Waals surface area contributed by atoms with E-state index in [1.54, 1.807) is 37.3 Å². The van der Waals surface area contributed by atoms with E-state index in [0.29, 0.717) is 21.4 Å². The van der Waals surface area contributed by atoms with Gasteiger partial charge in [-0.2, -0.15) is 0 Å². The molecule has 0 atom stereocenters. The Morgan fingerprint density at radius 2 is 1.78 bits per heavy atom. The van der Waals surface area contributed by atoms with Crippen LogP contribution in [0.1, 0.15) is 28.4 Å². The number of halogens is 1. The number of aliphatic hydroxyl groups excluding tert-OH is 1. The summed E-state index contributed by atoms with van der Waals surface area (Å²) < 4.78 is 11.9. The van der Waals surface area contributed by atoms with Crippen molar-refractivity contribution in [3.05, 3.63) is 109 Å². The molecule has 0 fully saturated rings. The molecule has 0 aromatic heterocycles. The third kappa shape index (κ3) is 6.60. The highest BCUT2D eigenvalue weighted by Gasteiger charge is 2.33.